The Balaban J connectivity index is 1.77. The van der Waals surface area contributed by atoms with Gasteiger partial charge in [-0.25, -0.2) is 4.79 Å². The van der Waals surface area contributed by atoms with E-state index in [4.69, 9.17) is 9.53 Å². The number of aliphatic carboxylic acids is 1. The lowest BCUT2D eigenvalue weighted by molar-refractivity contribution is -0.152. The molecule has 0 aromatic rings. The van der Waals surface area contributed by atoms with Gasteiger partial charge in [-0.1, -0.05) is 19.8 Å². The highest BCUT2D eigenvalue weighted by Crippen LogP contribution is 2.46. The molecule has 0 radical (unpaired) electrons. The highest BCUT2D eigenvalue weighted by atomic mass is 32.2. The molecule has 0 spiro atoms. The van der Waals surface area contributed by atoms with Crippen molar-refractivity contribution in [3.8, 4) is 0 Å². The van der Waals surface area contributed by atoms with Crippen LogP contribution < -0.4 is 0 Å². The second-order valence-electron chi connectivity index (χ2n) is 6.15. The summed E-state index contributed by atoms with van der Waals surface area (Å²) in [4.78, 5) is 24.4. The largest absolute Gasteiger partial charge is 0.477 e. The molecule has 0 aromatic heterocycles. The van der Waals surface area contributed by atoms with Crippen LogP contribution in [0, 0.1) is 5.92 Å². The molecule has 1 fully saturated rings. The first-order chi connectivity index (χ1) is 9.87. The van der Waals surface area contributed by atoms with E-state index in [1.165, 1.54) is 29.5 Å². The molecule has 0 saturated carbocycles. The van der Waals surface area contributed by atoms with E-state index >= 15 is 0 Å². The summed E-state index contributed by atoms with van der Waals surface area (Å²) in [5.41, 5.74) is 0.116. The Kier molecular flexibility index (Phi) is 5.16. The highest BCUT2D eigenvalue weighted by molar-refractivity contribution is 8.03. The van der Waals surface area contributed by atoms with Gasteiger partial charge in [-0.05, 0) is 25.6 Å². The minimum absolute atomic E-state index is 0.0346. The third-order valence-electron chi connectivity index (χ3n) is 4.01. The number of thioether (sulfide) groups is 1. The van der Waals surface area contributed by atoms with Crippen LogP contribution in [0.25, 0.3) is 0 Å². The smallest absolute Gasteiger partial charge is 0.353 e. The van der Waals surface area contributed by atoms with Gasteiger partial charge >= 0.3 is 5.97 Å². The Morgan fingerprint density at radius 2 is 2.24 bits per heavy atom. The lowest BCUT2D eigenvalue weighted by atomic mass is 9.94. The third kappa shape index (κ3) is 3.52. The molecular weight excluding hydrogens is 306 g/mol. The van der Waals surface area contributed by atoms with Crippen molar-refractivity contribution >= 4 is 32.0 Å². The first-order valence-electron chi connectivity index (χ1n) is 7.43. The fourth-order valence-corrected chi connectivity index (χ4v) is 5.97. The maximum atomic E-state index is 12.0. The number of carboxylic acid groups (broad SMARTS) is 1. The summed E-state index contributed by atoms with van der Waals surface area (Å²) < 4.78 is 6.03. The molecule has 0 bridgehead atoms. The fraction of sp³-hybridized carbons (Fsp3) is 0.714. The van der Waals surface area contributed by atoms with Crippen molar-refractivity contribution in [3.63, 3.8) is 0 Å². The fourth-order valence-electron chi connectivity index (χ4n) is 2.68. The Labute approximate surface area is 130 Å². The predicted octanol–water partition coefficient (Wildman–Crippen LogP) is 2.86. The van der Waals surface area contributed by atoms with E-state index in [-0.39, 0.29) is 22.9 Å². The van der Waals surface area contributed by atoms with Crippen molar-refractivity contribution in [2.24, 2.45) is 5.92 Å². The van der Waals surface area contributed by atoms with Crippen LogP contribution in [0.3, 0.4) is 0 Å². The molecule has 0 aliphatic carbocycles. The van der Waals surface area contributed by atoms with Gasteiger partial charge in [0.2, 0.25) is 5.91 Å². The zero-order valence-electron chi connectivity index (χ0n) is 12.8. The van der Waals surface area contributed by atoms with Gasteiger partial charge in [-0.3, -0.25) is 9.69 Å². The van der Waals surface area contributed by atoms with Crippen LogP contribution in [-0.4, -0.2) is 42.2 Å². The number of hydrogen-bond acceptors (Lipinski definition) is 4. The maximum Gasteiger partial charge on any atom is 0.353 e. The van der Waals surface area contributed by atoms with Crippen molar-refractivity contribution in [1.29, 1.82) is 0 Å². The summed E-state index contributed by atoms with van der Waals surface area (Å²) in [6, 6.07) is 1.15. The van der Waals surface area contributed by atoms with E-state index in [0.29, 0.717) is 13.0 Å². The van der Waals surface area contributed by atoms with Gasteiger partial charge in [0.1, 0.15) is 5.70 Å². The summed E-state index contributed by atoms with van der Waals surface area (Å²) in [5, 5.41) is 10.6. The zero-order chi connectivity index (χ0) is 15.6. The van der Waals surface area contributed by atoms with Crippen LogP contribution in [0.15, 0.2) is 11.1 Å². The molecule has 0 aromatic carbocycles. The van der Waals surface area contributed by atoms with Crippen molar-refractivity contribution < 1.29 is 19.1 Å². The monoisotopic (exact) mass is 329 g/mol. The normalized spacial score (nSPS) is 24.6. The molecular formula is C14H23NO4SSi. The molecule has 2 heterocycles. The van der Waals surface area contributed by atoms with E-state index in [0.717, 1.165) is 6.04 Å². The van der Waals surface area contributed by atoms with Crippen molar-refractivity contribution in [1.82, 2.24) is 4.90 Å². The Morgan fingerprint density at radius 3 is 2.86 bits per heavy atom. The molecule has 2 atom stereocenters. The number of carbonyl (C=O) groups excluding carboxylic acids is 1. The van der Waals surface area contributed by atoms with E-state index in [9.17, 15) is 9.59 Å². The molecule has 21 heavy (non-hydrogen) atoms. The number of rotatable bonds is 8. The van der Waals surface area contributed by atoms with E-state index in [2.05, 4.69) is 20.0 Å². The van der Waals surface area contributed by atoms with Gasteiger partial charge < -0.3 is 9.53 Å². The Bertz CT molecular complexity index is 466. The van der Waals surface area contributed by atoms with Crippen LogP contribution >= 0.6 is 11.8 Å². The first kappa shape index (κ1) is 16.6. The average Bonchev–Trinajstić information content (AvgIpc) is 2.81. The van der Waals surface area contributed by atoms with Crippen molar-refractivity contribution in [3.05, 3.63) is 11.1 Å². The number of β-lactam (4-membered cyclic amide) rings is 1. The number of amides is 1. The van der Waals surface area contributed by atoms with Gasteiger partial charge in [-0.2, -0.15) is 0 Å². The quantitative estimate of drug-likeness (QED) is 0.548. The second kappa shape index (κ2) is 6.54. The lowest BCUT2D eigenvalue weighted by Gasteiger charge is -2.42. The summed E-state index contributed by atoms with van der Waals surface area (Å²) in [6.45, 7) is 7.21. The van der Waals surface area contributed by atoms with E-state index in [1.54, 1.807) is 5.41 Å². The van der Waals surface area contributed by atoms with Crippen LogP contribution in [-0.2, 0) is 14.0 Å². The second-order valence-corrected chi connectivity index (χ2v) is 11.4. The molecule has 1 amide bonds. The molecule has 2 aliphatic heterocycles. The summed E-state index contributed by atoms with van der Waals surface area (Å²) in [5.74, 6) is -1.20. The number of fused-ring (bicyclic) bond motifs is 1. The van der Waals surface area contributed by atoms with Crippen LogP contribution in [0.4, 0.5) is 0 Å². The third-order valence-corrected chi connectivity index (χ3v) is 7.73. The number of carboxylic acids is 1. The van der Waals surface area contributed by atoms with Crippen LogP contribution in [0.2, 0.25) is 19.1 Å². The lowest BCUT2D eigenvalue weighted by Crippen LogP contribution is -2.57. The Morgan fingerprint density at radius 1 is 1.52 bits per heavy atom. The van der Waals surface area contributed by atoms with Crippen molar-refractivity contribution in [2.75, 3.05) is 6.61 Å². The highest BCUT2D eigenvalue weighted by Gasteiger charge is 2.53. The van der Waals surface area contributed by atoms with Gasteiger partial charge in [0.15, 0.2) is 8.32 Å². The summed E-state index contributed by atoms with van der Waals surface area (Å²) >= 11 is 1.43. The van der Waals surface area contributed by atoms with Gasteiger partial charge in [-0.15, -0.1) is 11.8 Å². The van der Waals surface area contributed by atoms with Crippen molar-refractivity contribution in [2.45, 2.75) is 50.7 Å². The van der Waals surface area contributed by atoms with Gasteiger partial charge in [0.05, 0.1) is 11.3 Å². The van der Waals surface area contributed by atoms with Gasteiger partial charge in [0, 0.05) is 12.0 Å². The number of nitrogens with zero attached hydrogens (tertiary/aromatic N) is 1. The van der Waals surface area contributed by atoms with E-state index in [1.807, 2.05) is 0 Å². The average molecular weight is 329 g/mol. The molecule has 1 N–H and O–H groups in total. The number of hydrogen-bond donors (Lipinski definition) is 1. The zero-order valence-corrected chi connectivity index (χ0v) is 14.6. The minimum atomic E-state index is -1.61. The number of unbranched alkanes of at least 4 members (excludes halogenated alkanes) is 1. The Hall–Kier alpha value is -0.793. The molecule has 1 unspecified atom stereocenters. The maximum absolute atomic E-state index is 12.0. The van der Waals surface area contributed by atoms with Crippen LogP contribution in [0.1, 0.15) is 26.2 Å². The topological polar surface area (TPSA) is 66.8 Å². The minimum Gasteiger partial charge on any atom is -0.477 e. The molecule has 2 aliphatic rings. The first-order valence-corrected chi connectivity index (χ1v) is 11.5. The van der Waals surface area contributed by atoms with Gasteiger partial charge in [0.25, 0.3) is 0 Å². The number of carbonyl (C=O) groups is 2. The van der Waals surface area contributed by atoms with Crippen LogP contribution in [0.5, 0.6) is 0 Å². The molecule has 5 nitrogen and oxygen atoms in total. The SMILES string of the molecule is CCCC[Si](C)(C)OCCC1C(=O)N2C(C(=O)O)=CS[C@@H]12. The molecule has 2 rings (SSSR count). The van der Waals surface area contributed by atoms with E-state index < -0.39 is 14.3 Å². The summed E-state index contributed by atoms with van der Waals surface area (Å²) in [6.07, 6.45) is 3.06. The molecule has 1 saturated heterocycles. The predicted molar refractivity (Wildman–Crippen MR) is 85.2 cm³/mol. The summed E-state index contributed by atoms with van der Waals surface area (Å²) in [7, 11) is -1.61. The molecule has 7 heteroatoms. The molecule has 118 valence electrons. The standard InChI is InChI=1S/C14H23NO4SSi/c1-4-5-8-21(2,3)19-7-6-10-12(16)15-11(14(17)18)9-20-13(10)15/h9-10,13H,4-8H2,1-3H3,(H,17,18)/t10?,13-/m0/s1.